The molecule has 0 N–H and O–H groups in total. The number of cyclic esters (lactones) is 1. The SMILES string of the molecule is CC(C)CCOc1ccc(C=C2N=C(c3ccc(Oc4ccccc4)cc3)OC2=O)cc1. The maximum absolute atomic E-state index is 12.3. The highest BCUT2D eigenvalue weighted by Crippen LogP contribution is 2.24. The molecule has 1 aliphatic rings. The molecule has 1 heterocycles. The fourth-order valence-electron chi connectivity index (χ4n) is 3.05. The summed E-state index contributed by atoms with van der Waals surface area (Å²) in [6.45, 7) is 5.02. The van der Waals surface area contributed by atoms with Gasteiger partial charge in [-0.05, 0) is 72.5 Å². The molecule has 0 bridgehead atoms. The summed E-state index contributed by atoms with van der Waals surface area (Å²) in [5.74, 6) is 2.67. The summed E-state index contributed by atoms with van der Waals surface area (Å²) in [6, 6.07) is 24.4. The molecule has 0 aromatic heterocycles. The molecule has 0 spiro atoms. The van der Waals surface area contributed by atoms with Gasteiger partial charge in [-0.2, -0.15) is 0 Å². The topological polar surface area (TPSA) is 57.1 Å². The second kappa shape index (κ2) is 9.96. The van der Waals surface area contributed by atoms with Crippen molar-refractivity contribution in [3.63, 3.8) is 0 Å². The molecular weight excluding hydrogens is 402 g/mol. The Morgan fingerprint density at radius 1 is 0.875 bits per heavy atom. The van der Waals surface area contributed by atoms with E-state index in [9.17, 15) is 4.79 Å². The number of aliphatic imine (C=N–C) groups is 1. The van der Waals surface area contributed by atoms with Crippen LogP contribution in [0.5, 0.6) is 17.2 Å². The van der Waals surface area contributed by atoms with Gasteiger partial charge in [-0.15, -0.1) is 0 Å². The van der Waals surface area contributed by atoms with Crippen LogP contribution in [0.3, 0.4) is 0 Å². The number of rotatable bonds is 8. The molecule has 5 heteroatoms. The number of esters is 1. The van der Waals surface area contributed by atoms with Crippen LogP contribution in [-0.2, 0) is 9.53 Å². The third-order valence-corrected chi connectivity index (χ3v) is 4.85. The quantitative estimate of drug-likeness (QED) is 0.315. The Balaban J connectivity index is 1.42. The van der Waals surface area contributed by atoms with Gasteiger partial charge in [-0.3, -0.25) is 0 Å². The second-order valence-corrected chi connectivity index (χ2v) is 7.88. The molecule has 0 radical (unpaired) electrons. The fraction of sp³-hybridized carbons (Fsp3) is 0.185. The molecule has 5 nitrogen and oxygen atoms in total. The number of carbonyl (C=O) groups is 1. The summed E-state index contributed by atoms with van der Waals surface area (Å²) in [5, 5.41) is 0. The van der Waals surface area contributed by atoms with Crippen LogP contribution in [0.25, 0.3) is 6.08 Å². The van der Waals surface area contributed by atoms with Crippen LogP contribution in [0.2, 0.25) is 0 Å². The van der Waals surface area contributed by atoms with Crippen molar-refractivity contribution in [3.05, 3.63) is 95.7 Å². The van der Waals surface area contributed by atoms with Crippen molar-refractivity contribution in [2.24, 2.45) is 10.9 Å². The standard InChI is InChI=1S/C27H25NO4/c1-19(2)16-17-30-22-12-8-20(9-13-22)18-25-27(29)32-26(28-25)21-10-14-24(15-11-21)31-23-6-4-3-5-7-23/h3-15,18-19H,16-17H2,1-2H3. The van der Waals surface area contributed by atoms with Gasteiger partial charge in [0.15, 0.2) is 5.70 Å². The number of ether oxygens (including phenoxy) is 3. The molecule has 162 valence electrons. The lowest BCUT2D eigenvalue weighted by molar-refractivity contribution is -0.129. The van der Waals surface area contributed by atoms with E-state index in [1.807, 2.05) is 78.9 Å². The van der Waals surface area contributed by atoms with Crippen molar-refractivity contribution in [2.45, 2.75) is 20.3 Å². The highest BCUT2D eigenvalue weighted by molar-refractivity contribution is 6.12. The van der Waals surface area contributed by atoms with Crippen LogP contribution in [0.1, 0.15) is 31.4 Å². The highest BCUT2D eigenvalue weighted by Gasteiger charge is 2.24. The minimum absolute atomic E-state index is 0.262. The first-order valence-corrected chi connectivity index (χ1v) is 10.7. The lowest BCUT2D eigenvalue weighted by atomic mass is 10.1. The maximum Gasteiger partial charge on any atom is 0.363 e. The van der Waals surface area contributed by atoms with E-state index in [1.165, 1.54) is 0 Å². The molecule has 1 aliphatic heterocycles. The Morgan fingerprint density at radius 2 is 1.53 bits per heavy atom. The Hall–Kier alpha value is -3.86. The molecule has 0 amide bonds. The van der Waals surface area contributed by atoms with Gasteiger partial charge in [0, 0.05) is 5.56 Å². The number of para-hydroxylation sites is 1. The molecular formula is C27H25NO4. The van der Waals surface area contributed by atoms with Gasteiger partial charge in [-0.25, -0.2) is 9.79 Å². The van der Waals surface area contributed by atoms with Crippen LogP contribution in [-0.4, -0.2) is 18.5 Å². The first kappa shape index (κ1) is 21.4. The first-order chi connectivity index (χ1) is 15.6. The summed E-state index contributed by atoms with van der Waals surface area (Å²) < 4.78 is 16.9. The lowest BCUT2D eigenvalue weighted by Gasteiger charge is -2.08. The van der Waals surface area contributed by atoms with Crippen LogP contribution in [0, 0.1) is 5.92 Å². The van der Waals surface area contributed by atoms with Gasteiger partial charge in [0.25, 0.3) is 0 Å². The summed E-state index contributed by atoms with van der Waals surface area (Å²) in [6.07, 6.45) is 2.72. The molecule has 3 aromatic carbocycles. The molecule has 0 aliphatic carbocycles. The highest BCUT2D eigenvalue weighted by atomic mass is 16.6. The van der Waals surface area contributed by atoms with Crippen LogP contribution in [0.4, 0.5) is 0 Å². The predicted octanol–water partition coefficient (Wildman–Crippen LogP) is 6.25. The monoisotopic (exact) mass is 427 g/mol. The van der Waals surface area contributed by atoms with E-state index in [0.29, 0.717) is 23.8 Å². The van der Waals surface area contributed by atoms with E-state index >= 15 is 0 Å². The van der Waals surface area contributed by atoms with Gasteiger partial charge < -0.3 is 14.2 Å². The van der Waals surface area contributed by atoms with E-state index in [1.54, 1.807) is 6.08 Å². The van der Waals surface area contributed by atoms with Gasteiger partial charge in [0.1, 0.15) is 17.2 Å². The Morgan fingerprint density at radius 3 is 2.22 bits per heavy atom. The number of hydrogen-bond donors (Lipinski definition) is 0. The zero-order valence-electron chi connectivity index (χ0n) is 18.2. The largest absolute Gasteiger partial charge is 0.494 e. The average Bonchev–Trinajstić information content (AvgIpc) is 3.16. The fourth-order valence-corrected chi connectivity index (χ4v) is 3.05. The van der Waals surface area contributed by atoms with Crippen LogP contribution < -0.4 is 9.47 Å². The van der Waals surface area contributed by atoms with Crippen molar-refractivity contribution >= 4 is 17.9 Å². The number of carbonyl (C=O) groups excluding carboxylic acids is 1. The van der Waals surface area contributed by atoms with E-state index in [-0.39, 0.29) is 11.6 Å². The van der Waals surface area contributed by atoms with Crippen molar-refractivity contribution < 1.29 is 19.0 Å². The number of hydrogen-bond acceptors (Lipinski definition) is 5. The van der Waals surface area contributed by atoms with E-state index in [2.05, 4.69) is 18.8 Å². The predicted molar refractivity (Wildman–Crippen MR) is 125 cm³/mol. The van der Waals surface area contributed by atoms with Gasteiger partial charge in [0.05, 0.1) is 6.61 Å². The maximum atomic E-state index is 12.3. The third-order valence-electron chi connectivity index (χ3n) is 4.85. The first-order valence-electron chi connectivity index (χ1n) is 10.7. The van der Waals surface area contributed by atoms with E-state index in [0.717, 1.165) is 23.5 Å². The summed E-state index contributed by atoms with van der Waals surface area (Å²) in [4.78, 5) is 16.7. The lowest BCUT2D eigenvalue weighted by Crippen LogP contribution is -2.05. The van der Waals surface area contributed by atoms with Crippen molar-refractivity contribution in [1.29, 1.82) is 0 Å². The number of nitrogens with zero attached hydrogens (tertiary/aromatic N) is 1. The zero-order valence-corrected chi connectivity index (χ0v) is 18.2. The Labute approximate surface area is 188 Å². The van der Waals surface area contributed by atoms with E-state index < -0.39 is 5.97 Å². The molecule has 0 atom stereocenters. The van der Waals surface area contributed by atoms with Gasteiger partial charge in [-0.1, -0.05) is 44.2 Å². The van der Waals surface area contributed by atoms with Gasteiger partial charge >= 0.3 is 5.97 Å². The van der Waals surface area contributed by atoms with Crippen molar-refractivity contribution in [3.8, 4) is 17.2 Å². The zero-order chi connectivity index (χ0) is 22.3. The molecule has 0 saturated heterocycles. The molecule has 32 heavy (non-hydrogen) atoms. The molecule has 0 fully saturated rings. The Bertz CT molecular complexity index is 1110. The summed E-state index contributed by atoms with van der Waals surface area (Å²) in [7, 11) is 0. The normalized spacial score (nSPS) is 14.4. The van der Waals surface area contributed by atoms with E-state index in [4.69, 9.17) is 14.2 Å². The van der Waals surface area contributed by atoms with Crippen molar-refractivity contribution in [1.82, 2.24) is 0 Å². The van der Waals surface area contributed by atoms with Gasteiger partial charge in [0.2, 0.25) is 5.90 Å². The third kappa shape index (κ3) is 5.64. The van der Waals surface area contributed by atoms with Crippen LogP contribution in [0.15, 0.2) is 89.6 Å². The van der Waals surface area contributed by atoms with Crippen molar-refractivity contribution in [2.75, 3.05) is 6.61 Å². The van der Waals surface area contributed by atoms with Crippen LogP contribution >= 0.6 is 0 Å². The molecule has 3 aromatic rings. The smallest absolute Gasteiger partial charge is 0.363 e. The molecule has 0 saturated carbocycles. The average molecular weight is 428 g/mol. The molecule has 4 rings (SSSR count). The summed E-state index contributed by atoms with van der Waals surface area (Å²) in [5.41, 5.74) is 1.82. The second-order valence-electron chi connectivity index (χ2n) is 7.88. The summed E-state index contributed by atoms with van der Waals surface area (Å²) >= 11 is 0. The minimum Gasteiger partial charge on any atom is -0.494 e. The number of benzene rings is 3. The molecule has 0 unspecified atom stereocenters. The minimum atomic E-state index is -0.470. The Kier molecular flexibility index (Phi) is 6.66.